The molecule has 0 atom stereocenters. The van der Waals surface area contributed by atoms with Crippen LogP contribution in [0.3, 0.4) is 0 Å². The lowest BCUT2D eigenvalue weighted by molar-refractivity contribution is -0.119. The number of aromatic nitrogens is 3. The Morgan fingerprint density at radius 1 is 1.13 bits per heavy atom. The number of aryl methyl sites for hydroxylation is 1. The summed E-state index contributed by atoms with van der Waals surface area (Å²) in [6.45, 7) is 10.5. The maximum Gasteiger partial charge on any atom is 0.230 e. The highest BCUT2D eigenvalue weighted by Crippen LogP contribution is 2.29. The van der Waals surface area contributed by atoms with E-state index in [4.69, 9.17) is 4.74 Å². The lowest BCUT2D eigenvalue weighted by Gasteiger charge is -2.20. The summed E-state index contributed by atoms with van der Waals surface area (Å²) in [5.41, 5.74) is 2.77. The summed E-state index contributed by atoms with van der Waals surface area (Å²) in [6.07, 6.45) is 0. The Morgan fingerprint density at radius 2 is 1.87 bits per heavy atom. The van der Waals surface area contributed by atoms with Gasteiger partial charge in [0, 0.05) is 16.8 Å². The van der Waals surface area contributed by atoms with E-state index < -0.39 is 0 Å². The van der Waals surface area contributed by atoms with Crippen molar-refractivity contribution in [3.8, 4) is 22.8 Å². The first-order chi connectivity index (χ1) is 14.3. The zero-order valence-electron chi connectivity index (χ0n) is 18.1. The van der Waals surface area contributed by atoms with Gasteiger partial charge in [-0.2, -0.15) is 0 Å². The van der Waals surface area contributed by atoms with Crippen molar-refractivity contribution in [1.82, 2.24) is 20.1 Å². The molecule has 30 heavy (non-hydrogen) atoms. The van der Waals surface area contributed by atoms with E-state index in [2.05, 4.69) is 21.6 Å². The molecule has 0 saturated carbocycles. The van der Waals surface area contributed by atoms with E-state index in [1.165, 1.54) is 11.8 Å². The highest BCUT2D eigenvalue weighted by molar-refractivity contribution is 7.99. The molecule has 3 rings (SSSR count). The monoisotopic (exact) mass is 424 g/mol. The predicted octanol–water partition coefficient (Wildman–Crippen LogP) is 4.65. The molecular formula is C23H28N4O2S. The first kappa shape index (κ1) is 21.9. The van der Waals surface area contributed by atoms with Crippen LogP contribution in [0.5, 0.6) is 5.75 Å². The van der Waals surface area contributed by atoms with Crippen LogP contribution in [0, 0.1) is 6.92 Å². The molecule has 0 spiro atoms. The third-order valence-electron chi connectivity index (χ3n) is 4.16. The Morgan fingerprint density at radius 3 is 2.50 bits per heavy atom. The highest BCUT2D eigenvalue weighted by Gasteiger charge is 2.19. The van der Waals surface area contributed by atoms with Gasteiger partial charge in [-0.15, -0.1) is 10.2 Å². The zero-order valence-corrected chi connectivity index (χ0v) is 18.9. The van der Waals surface area contributed by atoms with Gasteiger partial charge in [0.1, 0.15) is 5.75 Å². The SMILES string of the molecule is CCOc1ccc(-n2c(SCC(=O)NC(C)(C)C)nnc2-c2cccc(C)c2)cc1. The van der Waals surface area contributed by atoms with Crippen molar-refractivity contribution in [3.05, 3.63) is 54.1 Å². The number of amides is 1. The minimum atomic E-state index is -0.271. The Kier molecular flexibility index (Phi) is 6.82. The predicted molar refractivity (Wildman–Crippen MR) is 121 cm³/mol. The molecule has 1 heterocycles. The van der Waals surface area contributed by atoms with Crippen molar-refractivity contribution in [3.63, 3.8) is 0 Å². The minimum absolute atomic E-state index is 0.0363. The molecule has 6 nitrogen and oxygen atoms in total. The summed E-state index contributed by atoms with van der Waals surface area (Å²) < 4.78 is 7.55. The lowest BCUT2D eigenvalue weighted by atomic mass is 10.1. The van der Waals surface area contributed by atoms with E-state index in [1.54, 1.807) is 0 Å². The van der Waals surface area contributed by atoms with Crippen LogP contribution < -0.4 is 10.1 Å². The fraction of sp³-hybridized carbons (Fsp3) is 0.348. The quantitative estimate of drug-likeness (QED) is 0.559. The van der Waals surface area contributed by atoms with Crippen LogP contribution in [0.1, 0.15) is 33.3 Å². The summed E-state index contributed by atoms with van der Waals surface area (Å²) in [7, 11) is 0. The van der Waals surface area contributed by atoms with Crippen molar-refractivity contribution in [1.29, 1.82) is 0 Å². The van der Waals surface area contributed by atoms with Gasteiger partial charge in [0.2, 0.25) is 5.91 Å². The van der Waals surface area contributed by atoms with Crippen LogP contribution in [0.15, 0.2) is 53.7 Å². The average Bonchev–Trinajstić information content (AvgIpc) is 3.10. The third-order valence-corrected chi connectivity index (χ3v) is 5.09. The van der Waals surface area contributed by atoms with E-state index in [0.717, 1.165) is 28.4 Å². The van der Waals surface area contributed by atoms with Crippen molar-refractivity contribution in [2.45, 2.75) is 45.3 Å². The molecule has 2 aromatic carbocycles. The number of nitrogens with one attached hydrogen (secondary N) is 1. The van der Waals surface area contributed by atoms with Gasteiger partial charge in [-0.3, -0.25) is 9.36 Å². The molecule has 0 bridgehead atoms. The van der Waals surface area contributed by atoms with Gasteiger partial charge >= 0.3 is 0 Å². The maximum absolute atomic E-state index is 12.3. The second-order valence-electron chi connectivity index (χ2n) is 8.02. The number of ether oxygens (including phenoxy) is 1. The molecular weight excluding hydrogens is 396 g/mol. The van der Waals surface area contributed by atoms with E-state index in [9.17, 15) is 4.79 Å². The number of hydrogen-bond acceptors (Lipinski definition) is 5. The Labute approximate surface area is 182 Å². The van der Waals surface area contributed by atoms with Crippen molar-refractivity contribution in [2.24, 2.45) is 0 Å². The molecule has 1 aromatic heterocycles. The van der Waals surface area contributed by atoms with E-state index in [1.807, 2.05) is 81.7 Å². The Hall–Kier alpha value is -2.80. The van der Waals surface area contributed by atoms with Gasteiger partial charge in [0.05, 0.1) is 12.4 Å². The number of thioether (sulfide) groups is 1. The van der Waals surface area contributed by atoms with Crippen LogP contribution in [0.25, 0.3) is 17.1 Å². The van der Waals surface area contributed by atoms with Crippen LogP contribution in [-0.4, -0.2) is 38.6 Å². The minimum Gasteiger partial charge on any atom is -0.494 e. The van der Waals surface area contributed by atoms with E-state index in [0.29, 0.717) is 11.8 Å². The zero-order chi connectivity index (χ0) is 21.7. The molecule has 0 aliphatic rings. The number of benzene rings is 2. The first-order valence-electron chi connectivity index (χ1n) is 9.96. The van der Waals surface area contributed by atoms with Gasteiger partial charge < -0.3 is 10.1 Å². The number of rotatable bonds is 7. The second kappa shape index (κ2) is 9.34. The molecule has 158 valence electrons. The lowest BCUT2D eigenvalue weighted by Crippen LogP contribution is -2.41. The van der Waals surface area contributed by atoms with Crippen LogP contribution in [0.4, 0.5) is 0 Å². The van der Waals surface area contributed by atoms with E-state index >= 15 is 0 Å². The number of carbonyl (C=O) groups excluding carboxylic acids is 1. The molecule has 0 aliphatic heterocycles. The number of nitrogens with zero attached hydrogens (tertiary/aromatic N) is 3. The van der Waals surface area contributed by atoms with Gasteiger partial charge in [0.15, 0.2) is 11.0 Å². The molecule has 3 aromatic rings. The Bertz CT molecular complexity index is 1010. The fourth-order valence-corrected chi connectivity index (χ4v) is 3.76. The molecule has 7 heteroatoms. The number of hydrogen-bond donors (Lipinski definition) is 1. The number of carbonyl (C=O) groups is 1. The summed E-state index contributed by atoms with van der Waals surface area (Å²) >= 11 is 1.37. The van der Waals surface area contributed by atoms with Gasteiger partial charge in [-0.1, -0.05) is 35.5 Å². The second-order valence-corrected chi connectivity index (χ2v) is 8.97. The molecule has 0 radical (unpaired) electrons. The summed E-state index contributed by atoms with van der Waals surface area (Å²) in [5, 5.41) is 12.5. The largest absolute Gasteiger partial charge is 0.494 e. The molecule has 1 amide bonds. The van der Waals surface area contributed by atoms with Crippen LogP contribution in [0.2, 0.25) is 0 Å². The molecule has 1 N–H and O–H groups in total. The summed E-state index contributed by atoms with van der Waals surface area (Å²) in [4.78, 5) is 12.3. The summed E-state index contributed by atoms with van der Waals surface area (Å²) in [5.74, 6) is 1.78. The average molecular weight is 425 g/mol. The highest BCUT2D eigenvalue weighted by atomic mass is 32.2. The van der Waals surface area contributed by atoms with Crippen LogP contribution >= 0.6 is 11.8 Å². The first-order valence-corrected chi connectivity index (χ1v) is 10.9. The maximum atomic E-state index is 12.3. The van der Waals surface area contributed by atoms with E-state index in [-0.39, 0.29) is 17.2 Å². The van der Waals surface area contributed by atoms with Crippen molar-refractivity contribution < 1.29 is 9.53 Å². The van der Waals surface area contributed by atoms with Gasteiger partial charge in [0.25, 0.3) is 0 Å². The molecule has 0 unspecified atom stereocenters. The molecule has 0 fully saturated rings. The topological polar surface area (TPSA) is 69.0 Å². The smallest absolute Gasteiger partial charge is 0.230 e. The Balaban J connectivity index is 1.95. The normalized spacial score (nSPS) is 11.4. The van der Waals surface area contributed by atoms with Gasteiger partial charge in [-0.05, 0) is 65.0 Å². The molecule has 0 aliphatic carbocycles. The standard InChI is InChI=1S/C23H28N4O2S/c1-6-29-19-12-10-18(11-13-19)27-21(17-9-7-8-16(2)14-17)25-26-22(27)30-15-20(28)24-23(3,4)5/h7-14H,6,15H2,1-5H3,(H,24,28). The van der Waals surface area contributed by atoms with Crippen molar-refractivity contribution in [2.75, 3.05) is 12.4 Å². The third kappa shape index (κ3) is 5.63. The van der Waals surface area contributed by atoms with Crippen molar-refractivity contribution >= 4 is 17.7 Å². The summed E-state index contributed by atoms with van der Waals surface area (Å²) in [6, 6.07) is 16.0. The fourth-order valence-electron chi connectivity index (χ4n) is 3.01. The van der Waals surface area contributed by atoms with Gasteiger partial charge in [-0.25, -0.2) is 0 Å². The van der Waals surface area contributed by atoms with Crippen LogP contribution in [-0.2, 0) is 4.79 Å². The molecule has 0 saturated heterocycles.